The molecule has 4 amide bonds. The summed E-state index contributed by atoms with van der Waals surface area (Å²) in [5.74, 6) is -0.446. The number of hydrogen-bond donors (Lipinski definition) is 4. The van der Waals surface area contributed by atoms with Gasteiger partial charge < -0.3 is 10.6 Å². The molecule has 0 saturated heterocycles. The van der Waals surface area contributed by atoms with E-state index in [1.807, 2.05) is 0 Å². The maximum absolute atomic E-state index is 12.9. The van der Waals surface area contributed by atoms with Crippen molar-refractivity contribution in [1.29, 1.82) is 0 Å². The molecule has 4 bridgehead atoms. The predicted molar refractivity (Wildman–Crippen MR) is 97.8 cm³/mol. The summed E-state index contributed by atoms with van der Waals surface area (Å²) in [6.45, 7) is 5.03. The maximum atomic E-state index is 12.9. The Morgan fingerprint density at radius 2 is 1.30 bits per heavy atom. The SMILES string of the molecule is CC(C)NC(=O)C(=O)NNC(=O)[C@H](C)NC(=O)C12CC3CC(CC(C3)C1)C2. The van der Waals surface area contributed by atoms with E-state index in [0.29, 0.717) is 17.8 Å². The molecule has 4 rings (SSSR count). The van der Waals surface area contributed by atoms with Crippen LogP contribution >= 0.6 is 0 Å². The summed E-state index contributed by atoms with van der Waals surface area (Å²) in [4.78, 5) is 48.3. The number of carbonyl (C=O) groups excluding carboxylic acids is 4. The first-order chi connectivity index (χ1) is 12.7. The van der Waals surface area contributed by atoms with Crippen LogP contribution in [0.25, 0.3) is 0 Å². The summed E-state index contributed by atoms with van der Waals surface area (Å²) in [5, 5.41) is 5.25. The smallest absolute Gasteiger partial charge is 0.327 e. The molecule has 0 spiro atoms. The van der Waals surface area contributed by atoms with Crippen LogP contribution in [0.4, 0.5) is 0 Å². The van der Waals surface area contributed by atoms with Crippen LogP contribution in [0.1, 0.15) is 59.3 Å². The number of hydrogen-bond acceptors (Lipinski definition) is 4. The Morgan fingerprint density at radius 3 is 1.78 bits per heavy atom. The Morgan fingerprint density at radius 1 is 0.778 bits per heavy atom. The monoisotopic (exact) mass is 378 g/mol. The number of hydrazine groups is 1. The van der Waals surface area contributed by atoms with E-state index in [1.54, 1.807) is 20.8 Å². The predicted octanol–water partition coefficient (Wildman–Crippen LogP) is 0.380. The molecule has 4 saturated carbocycles. The van der Waals surface area contributed by atoms with Crippen LogP contribution in [-0.4, -0.2) is 35.7 Å². The van der Waals surface area contributed by atoms with Crippen LogP contribution in [-0.2, 0) is 19.2 Å². The highest BCUT2D eigenvalue weighted by atomic mass is 16.2. The van der Waals surface area contributed by atoms with Crippen molar-refractivity contribution < 1.29 is 19.2 Å². The van der Waals surface area contributed by atoms with Crippen LogP contribution < -0.4 is 21.5 Å². The molecule has 150 valence electrons. The molecule has 4 N–H and O–H groups in total. The zero-order chi connectivity index (χ0) is 19.8. The van der Waals surface area contributed by atoms with E-state index in [-0.39, 0.29) is 17.4 Å². The Kier molecular flexibility index (Phi) is 5.44. The number of rotatable bonds is 4. The molecule has 0 heterocycles. The minimum absolute atomic E-state index is 0.0480. The summed E-state index contributed by atoms with van der Waals surface area (Å²) in [6, 6.07) is -0.976. The van der Waals surface area contributed by atoms with Crippen LogP contribution in [0.2, 0.25) is 0 Å². The summed E-state index contributed by atoms with van der Waals surface area (Å²) in [7, 11) is 0. The van der Waals surface area contributed by atoms with Crippen LogP contribution in [0.3, 0.4) is 0 Å². The van der Waals surface area contributed by atoms with Gasteiger partial charge in [0.2, 0.25) is 5.91 Å². The molecule has 4 aliphatic rings. The highest BCUT2D eigenvalue weighted by Gasteiger charge is 2.54. The summed E-state index contributed by atoms with van der Waals surface area (Å²) < 4.78 is 0. The van der Waals surface area contributed by atoms with E-state index in [2.05, 4.69) is 21.5 Å². The second kappa shape index (κ2) is 7.48. The van der Waals surface area contributed by atoms with Crippen LogP contribution in [0.15, 0.2) is 0 Å². The van der Waals surface area contributed by atoms with Gasteiger partial charge in [0.25, 0.3) is 5.91 Å². The Labute approximate surface area is 159 Å². The lowest BCUT2D eigenvalue weighted by molar-refractivity contribution is -0.148. The lowest BCUT2D eigenvalue weighted by atomic mass is 9.49. The van der Waals surface area contributed by atoms with E-state index < -0.39 is 23.8 Å². The molecule has 8 heteroatoms. The second-order valence-corrected chi connectivity index (χ2v) is 8.96. The van der Waals surface area contributed by atoms with E-state index in [4.69, 9.17) is 0 Å². The summed E-state index contributed by atoms with van der Waals surface area (Å²) >= 11 is 0. The van der Waals surface area contributed by atoms with Gasteiger partial charge in [0.15, 0.2) is 0 Å². The normalized spacial score (nSPS) is 31.9. The van der Waals surface area contributed by atoms with Gasteiger partial charge in [0, 0.05) is 11.5 Å². The van der Waals surface area contributed by atoms with Gasteiger partial charge in [-0.15, -0.1) is 0 Å². The van der Waals surface area contributed by atoms with Crippen molar-refractivity contribution in [1.82, 2.24) is 21.5 Å². The van der Waals surface area contributed by atoms with Gasteiger partial charge in [0.05, 0.1) is 0 Å². The van der Waals surface area contributed by atoms with Gasteiger partial charge in [-0.3, -0.25) is 30.0 Å². The molecular formula is C19H30N4O4. The van der Waals surface area contributed by atoms with Crippen molar-refractivity contribution in [3.63, 3.8) is 0 Å². The van der Waals surface area contributed by atoms with Crippen molar-refractivity contribution in [2.75, 3.05) is 0 Å². The molecule has 0 aromatic heterocycles. The van der Waals surface area contributed by atoms with E-state index in [0.717, 1.165) is 19.3 Å². The van der Waals surface area contributed by atoms with Gasteiger partial charge in [-0.2, -0.15) is 0 Å². The van der Waals surface area contributed by atoms with E-state index >= 15 is 0 Å². The van der Waals surface area contributed by atoms with Crippen molar-refractivity contribution in [3.05, 3.63) is 0 Å². The average molecular weight is 378 g/mol. The molecule has 0 aromatic carbocycles. The molecule has 8 nitrogen and oxygen atoms in total. The van der Waals surface area contributed by atoms with Crippen molar-refractivity contribution in [2.45, 2.75) is 71.4 Å². The van der Waals surface area contributed by atoms with Crippen LogP contribution in [0.5, 0.6) is 0 Å². The molecule has 4 aliphatic carbocycles. The maximum Gasteiger partial charge on any atom is 0.327 e. The molecule has 0 radical (unpaired) electrons. The number of carbonyl (C=O) groups is 4. The molecule has 27 heavy (non-hydrogen) atoms. The van der Waals surface area contributed by atoms with Gasteiger partial charge in [-0.05, 0) is 77.0 Å². The molecule has 4 fully saturated rings. The fraction of sp³-hybridized carbons (Fsp3) is 0.789. The van der Waals surface area contributed by atoms with Gasteiger partial charge in [0.1, 0.15) is 6.04 Å². The van der Waals surface area contributed by atoms with E-state index in [1.165, 1.54) is 19.3 Å². The summed E-state index contributed by atoms with van der Waals surface area (Å²) in [6.07, 6.45) is 6.50. The largest absolute Gasteiger partial charge is 0.346 e. The van der Waals surface area contributed by atoms with Crippen molar-refractivity contribution in [2.24, 2.45) is 23.2 Å². The highest BCUT2D eigenvalue weighted by molar-refractivity contribution is 6.35. The minimum atomic E-state index is -0.948. The average Bonchev–Trinajstić information content (AvgIpc) is 2.57. The Bertz CT molecular complexity index is 610. The van der Waals surface area contributed by atoms with Gasteiger partial charge in [-0.25, -0.2) is 0 Å². The van der Waals surface area contributed by atoms with Crippen molar-refractivity contribution >= 4 is 23.6 Å². The van der Waals surface area contributed by atoms with E-state index in [9.17, 15) is 19.2 Å². The third-order valence-electron chi connectivity index (χ3n) is 6.19. The number of nitrogens with one attached hydrogen (secondary N) is 4. The first-order valence-electron chi connectivity index (χ1n) is 9.90. The molecule has 1 atom stereocenters. The molecular weight excluding hydrogens is 348 g/mol. The number of amides is 4. The molecule has 0 aromatic rings. The zero-order valence-electron chi connectivity index (χ0n) is 16.3. The topological polar surface area (TPSA) is 116 Å². The second-order valence-electron chi connectivity index (χ2n) is 8.96. The highest BCUT2D eigenvalue weighted by Crippen LogP contribution is 2.60. The first-order valence-corrected chi connectivity index (χ1v) is 9.90. The quantitative estimate of drug-likeness (QED) is 0.418. The lowest BCUT2D eigenvalue weighted by Gasteiger charge is -2.55. The third-order valence-corrected chi connectivity index (χ3v) is 6.19. The molecule has 0 unspecified atom stereocenters. The molecule has 0 aliphatic heterocycles. The Balaban J connectivity index is 1.49. The first kappa shape index (κ1) is 19.6. The minimum Gasteiger partial charge on any atom is -0.346 e. The fourth-order valence-electron chi connectivity index (χ4n) is 5.42. The van der Waals surface area contributed by atoms with Crippen LogP contribution in [0, 0.1) is 23.2 Å². The van der Waals surface area contributed by atoms with Crippen molar-refractivity contribution in [3.8, 4) is 0 Å². The lowest BCUT2D eigenvalue weighted by Crippen LogP contribution is -2.58. The standard InChI is InChI=1S/C19H30N4O4/c1-10(2)20-16(25)17(26)23-22-15(24)11(3)21-18(27)19-7-12-4-13(8-19)6-14(5-12)9-19/h10-14H,4-9H2,1-3H3,(H,20,25)(H,21,27)(H,22,24)(H,23,26)/t11-,12?,13?,14?,19?/m0/s1. The van der Waals surface area contributed by atoms with Gasteiger partial charge in [-0.1, -0.05) is 0 Å². The van der Waals surface area contributed by atoms with Gasteiger partial charge >= 0.3 is 11.8 Å². The zero-order valence-corrected chi connectivity index (χ0v) is 16.3. The Hall–Kier alpha value is -2.12. The third kappa shape index (κ3) is 4.25. The fourth-order valence-corrected chi connectivity index (χ4v) is 5.42. The summed E-state index contributed by atoms with van der Waals surface area (Å²) in [5.41, 5.74) is 3.95.